The monoisotopic (exact) mass is 394 g/mol. The molecular weight excluding hydrogens is 378 g/mol. The molecule has 0 bridgehead atoms. The average molecular weight is 394 g/mol. The molecule has 0 fully saturated rings. The summed E-state index contributed by atoms with van der Waals surface area (Å²) in [5.74, 6) is -0.0682. The van der Waals surface area contributed by atoms with E-state index in [1.165, 1.54) is 0 Å². The fraction of sp³-hybridized carbons (Fsp3) is 0.136. The second-order valence-corrected chi connectivity index (χ2v) is 6.88. The Bertz CT molecular complexity index is 1120. The summed E-state index contributed by atoms with van der Waals surface area (Å²) < 4.78 is 38.6. The number of carbonyl (C=O) groups is 1. The maximum Gasteiger partial charge on any atom is 0.256 e. The molecule has 1 atom stereocenters. The van der Waals surface area contributed by atoms with Gasteiger partial charge < -0.3 is 19.7 Å². The maximum atomic E-state index is 14.2. The van der Waals surface area contributed by atoms with E-state index in [0.717, 1.165) is 23.8 Å². The molecule has 5 nitrogen and oxygen atoms in total. The first-order chi connectivity index (χ1) is 14.1. The summed E-state index contributed by atoms with van der Waals surface area (Å²) in [6.07, 6.45) is -0.638. The van der Waals surface area contributed by atoms with Crippen LogP contribution in [0.4, 0.5) is 14.5 Å². The number of nitrogens with zero attached hydrogens (tertiary/aromatic N) is 1. The van der Waals surface area contributed by atoms with Crippen molar-refractivity contribution in [2.75, 3.05) is 12.1 Å². The Labute approximate surface area is 165 Å². The normalized spacial score (nSPS) is 16.8. The van der Waals surface area contributed by atoms with Crippen molar-refractivity contribution >= 4 is 11.6 Å². The van der Waals surface area contributed by atoms with Gasteiger partial charge in [0, 0.05) is 23.7 Å². The molecule has 0 radical (unpaired) electrons. The number of rotatable bonds is 4. The van der Waals surface area contributed by atoms with Crippen molar-refractivity contribution in [2.45, 2.75) is 12.7 Å². The van der Waals surface area contributed by atoms with Crippen molar-refractivity contribution in [3.05, 3.63) is 89.0 Å². The number of carbonyl (C=O) groups excluding carboxylic acids is 1. The summed E-state index contributed by atoms with van der Waals surface area (Å²) in [6.45, 7) is 0.425. The van der Waals surface area contributed by atoms with Crippen LogP contribution in [0.3, 0.4) is 0 Å². The number of benzene rings is 3. The van der Waals surface area contributed by atoms with Crippen LogP contribution in [0.2, 0.25) is 0 Å². The predicted molar refractivity (Wildman–Crippen MR) is 102 cm³/mol. The largest absolute Gasteiger partial charge is 0.454 e. The first-order valence-corrected chi connectivity index (χ1v) is 9.10. The quantitative estimate of drug-likeness (QED) is 0.710. The lowest BCUT2D eigenvalue weighted by Crippen LogP contribution is -2.32. The van der Waals surface area contributed by atoms with Crippen LogP contribution in [0.1, 0.15) is 27.7 Å². The smallest absolute Gasteiger partial charge is 0.256 e. The third-order valence-corrected chi connectivity index (χ3v) is 5.07. The number of halogens is 2. The topological polar surface area (TPSA) is 50.8 Å². The van der Waals surface area contributed by atoms with E-state index >= 15 is 0 Å². The van der Waals surface area contributed by atoms with Gasteiger partial charge in [-0.05, 0) is 35.9 Å². The highest BCUT2D eigenvalue weighted by molar-refractivity contribution is 5.99. The van der Waals surface area contributed by atoms with Gasteiger partial charge in [-0.25, -0.2) is 8.78 Å². The molecular formula is C22H16F2N2O3. The molecule has 3 aromatic carbocycles. The highest BCUT2D eigenvalue weighted by Gasteiger charge is 2.37. The molecule has 0 aromatic heterocycles. The predicted octanol–water partition coefficient (Wildman–Crippen LogP) is 4.46. The zero-order valence-electron chi connectivity index (χ0n) is 15.2. The highest BCUT2D eigenvalue weighted by Crippen LogP contribution is 2.38. The maximum absolute atomic E-state index is 14.2. The van der Waals surface area contributed by atoms with Gasteiger partial charge >= 0.3 is 0 Å². The summed E-state index contributed by atoms with van der Waals surface area (Å²) >= 11 is 0. The molecule has 0 spiro atoms. The van der Waals surface area contributed by atoms with Gasteiger partial charge in [-0.15, -0.1) is 0 Å². The molecule has 146 valence electrons. The van der Waals surface area contributed by atoms with Crippen LogP contribution in [-0.2, 0) is 6.54 Å². The third-order valence-electron chi connectivity index (χ3n) is 5.07. The lowest BCUT2D eigenvalue weighted by atomic mass is 10.1. The second kappa shape index (κ2) is 6.77. The summed E-state index contributed by atoms with van der Waals surface area (Å²) in [6, 6.07) is 15.8. The molecule has 1 amide bonds. The number of ether oxygens (including phenoxy) is 2. The molecule has 29 heavy (non-hydrogen) atoms. The van der Waals surface area contributed by atoms with Crippen molar-refractivity contribution < 1.29 is 23.0 Å². The van der Waals surface area contributed by atoms with Gasteiger partial charge in [0.15, 0.2) is 11.5 Å². The minimum atomic E-state index is -0.638. The van der Waals surface area contributed by atoms with E-state index < -0.39 is 17.8 Å². The zero-order chi connectivity index (χ0) is 20.0. The van der Waals surface area contributed by atoms with E-state index in [2.05, 4.69) is 5.32 Å². The standard InChI is InChI=1S/C22H16F2N2O3/c23-14-6-7-17(24)18(10-14)25-21-15-3-1-2-4-16(15)22(27)26(21)11-13-5-8-19-20(9-13)29-12-28-19/h1-10,21,25H,11-12H2/t21-/m0/s1. The van der Waals surface area contributed by atoms with Crippen molar-refractivity contribution in [1.29, 1.82) is 0 Å². The van der Waals surface area contributed by atoms with Crippen LogP contribution >= 0.6 is 0 Å². The fourth-order valence-electron chi connectivity index (χ4n) is 3.68. The van der Waals surface area contributed by atoms with Crippen LogP contribution in [0.25, 0.3) is 0 Å². The number of amides is 1. The van der Waals surface area contributed by atoms with E-state index in [-0.39, 0.29) is 24.9 Å². The fourth-order valence-corrected chi connectivity index (χ4v) is 3.68. The number of fused-ring (bicyclic) bond motifs is 2. The van der Waals surface area contributed by atoms with Crippen molar-refractivity contribution in [3.63, 3.8) is 0 Å². The van der Waals surface area contributed by atoms with Crippen molar-refractivity contribution in [1.82, 2.24) is 4.90 Å². The van der Waals surface area contributed by atoms with Gasteiger partial charge in [-0.2, -0.15) is 0 Å². The number of anilines is 1. The van der Waals surface area contributed by atoms with E-state index in [0.29, 0.717) is 22.6 Å². The molecule has 2 heterocycles. The average Bonchev–Trinajstić information content (AvgIpc) is 3.29. The Morgan fingerprint density at radius 3 is 2.72 bits per heavy atom. The van der Waals surface area contributed by atoms with Crippen LogP contribution in [0.15, 0.2) is 60.7 Å². The van der Waals surface area contributed by atoms with Crippen LogP contribution in [0, 0.1) is 11.6 Å². The minimum absolute atomic E-state index is 0.00445. The Morgan fingerprint density at radius 1 is 1.00 bits per heavy atom. The third kappa shape index (κ3) is 3.04. The number of hydrogen-bond donors (Lipinski definition) is 1. The van der Waals surface area contributed by atoms with Crippen LogP contribution in [0.5, 0.6) is 11.5 Å². The van der Waals surface area contributed by atoms with Gasteiger partial charge in [0.2, 0.25) is 6.79 Å². The number of nitrogens with one attached hydrogen (secondary N) is 1. The minimum Gasteiger partial charge on any atom is -0.454 e. The second-order valence-electron chi connectivity index (χ2n) is 6.88. The van der Waals surface area contributed by atoms with Crippen LogP contribution < -0.4 is 14.8 Å². The van der Waals surface area contributed by atoms with Gasteiger partial charge in [0.25, 0.3) is 5.91 Å². The summed E-state index contributed by atoms with van der Waals surface area (Å²) in [5, 5.41) is 2.99. The van der Waals surface area contributed by atoms with Crippen LogP contribution in [-0.4, -0.2) is 17.6 Å². The summed E-state index contributed by atoms with van der Waals surface area (Å²) in [4.78, 5) is 14.6. The number of hydrogen-bond acceptors (Lipinski definition) is 4. The van der Waals surface area contributed by atoms with E-state index in [9.17, 15) is 13.6 Å². The first kappa shape index (κ1) is 17.5. The Hall–Kier alpha value is -3.61. The first-order valence-electron chi connectivity index (χ1n) is 9.10. The molecule has 0 unspecified atom stereocenters. The summed E-state index contributed by atoms with van der Waals surface area (Å²) in [5.41, 5.74) is 2.07. The lowest BCUT2D eigenvalue weighted by molar-refractivity contribution is 0.0728. The highest BCUT2D eigenvalue weighted by atomic mass is 19.1. The van der Waals surface area contributed by atoms with Gasteiger partial charge in [-0.1, -0.05) is 24.3 Å². The SMILES string of the molecule is O=C1c2ccccc2[C@@H](Nc2cc(F)ccc2F)N1Cc1ccc2c(c1)OCO2. The van der Waals surface area contributed by atoms with Gasteiger partial charge in [-0.3, -0.25) is 4.79 Å². The van der Waals surface area contributed by atoms with Crippen molar-refractivity contribution in [3.8, 4) is 11.5 Å². The Kier molecular flexibility index (Phi) is 4.08. The summed E-state index contributed by atoms with van der Waals surface area (Å²) in [7, 11) is 0. The molecule has 2 aliphatic rings. The Morgan fingerprint density at radius 2 is 1.83 bits per heavy atom. The van der Waals surface area contributed by atoms with Gasteiger partial charge in [0.1, 0.15) is 17.8 Å². The zero-order valence-corrected chi connectivity index (χ0v) is 15.2. The van der Waals surface area contributed by atoms with E-state index in [1.807, 2.05) is 24.3 Å². The van der Waals surface area contributed by atoms with Gasteiger partial charge in [0.05, 0.1) is 5.69 Å². The molecule has 0 saturated heterocycles. The van der Waals surface area contributed by atoms with E-state index in [1.54, 1.807) is 23.1 Å². The van der Waals surface area contributed by atoms with E-state index in [4.69, 9.17) is 9.47 Å². The molecule has 3 aromatic rings. The van der Waals surface area contributed by atoms with Crippen molar-refractivity contribution in [2.24, 2.45) is 0 Å². The molecule has 1 N–H and O–H groups in total. The molecule has 5 rings (SSSR count). The Balaban J connectivity index is 1.50. The molecule has 0 aliphatic carbocycles. The molecule has 0 saturated carbocycles. The molecule has 2 aliphatic heterocycles. The molecule has 7 heteroatoms. The lowest BCUT2D eigenvalue weighted by Gasteiger charge is -2.27.